The van der Waals surface area contributed by atoms with Gasteiger partial charge in [-0.05, 0) is 11.5 Å². The van der Waals surface area contributed by atoms with Crippen molar-refractivity contribution in [3.8, 4) is 0 Å². The van der Waals surface area contributed by atoms with E-state index in [1.165, 1.54) is 5.56 Å². The molecule has 0 saturated heterocycles. The molecule has 0 nitrogen and oxygen atoms in total. The van der Waals surface area contributed by atoms with E-state index in [0.717, 1.165) is 6.42 Å². The van der Waals surface area contributed by atoms with Gasteiger partial charge >= 0.3 is 50.1 Å². The van der Waals surface area contributed by atoms with Crippen LogP contribution in [-0.4, -0.2) is 0 Å². The van der Waals surface area contributed by atoms with E-state index in [4.69, 9.17) is 0 Å². The van der Waals surface area contributed by atoms with E-state index in [0.29, 0.717) is 5.92 Å². The monoisotopic (exact) mass is 386 g/mol. The third kappa shape index (κ3) is 24.3. The minimum Gasteiger partial charge on any atom is -0.273 e. The minimum absolute atomic E-state index is 0. The molecule has 0 aromatic heterocycles. The van der Waals surface area contributed by atoms with Crippen molar-refractivity contribution in [2.75, 3.05) is 0 Å². The Labute approximate surface area is 137 Å². The first-order chi connectivity index (χ1) is 9.25. The van der Waals surface area contributed by atoms with E-state index in [-0.39, 0.29) is 17.1 Å². The third-order valence-electron chi connectivity index (χ3n) is 2.05. The van der Waals surface area contributed by atoms with Gasteiger partial charge in [-0.25, -0.2) is 12.2 Å². The molecule has 0 amide bonds. The van der Waals surface area contributed by atoms with Crippen LogP contribution in [0.25, 0.3) is 0 Å². The van der Waals surface area contributed by atoms with Crippen LogP contribution < -0.4 is 0 Å². The Balaban J connectivity index is 0. The van der Waals surface area contributed by atoms with Crippen LogP contribution in [0, 0.1) is 6.08 Å². The smallest absolute Gasteiger partial charge is 0.273 e. The van der Waals surface area contributed by atoms with Gasteiger partial charge in [0.05, 0.1) is 0 Å². The molecule has 8 heteroatoms. The normalized spacial score (nSPS) is 15.5. The summed E-state index contributed by atoms with van der Waals surface area (Å²) in [4.78, 5) is 0. The molecule has 0 aliphatic heterocycles. The van der Waals surface area contributed by atoms with Gasteiger partial charge in [0.25, 0.3) is 0 Å². The first kappa shape index (κ1) is 23.5. The fraction of sp³-hybridized carbons (Fsp3) is 0.286. The molecule has 2 rings (SSSR count). The zero-order valence-electron chi connectivity index (χ0n) is 12.0. The minimum atomic E-state index is -10.7. The Morgan fingerprint density at radius 3 is 1.59 bits per heavy atom. The average Bonchev–Trinajstić information content (AvgIpc) is 2.84. The molecule has 0 spiro atoms. The van der Waals surface area contributed by atoms with Crippen molar-refractivity contribution in [1.29, 1.82) is 0 Å². The maximum atomic E-state index is 9.87. The summed E-state index contributed by atoms with van der Waals surface area (Å²) < 4.78 is 59.2. The molecule has 1 aliphatic rings. The Bertz CT molecular complexity index is 455. The molecule has 0 N–H and O–H groups in total. The summed E-state index contributed by atoms with van der Waals surface area (Å²) in [6.45, 7) is 4.41. The maximum absolute atomic E-state index is 10.7. The van der Waals surface area contributed by atoms with Crippen molar-refractivity contribution in [2.45, 2.75) is 26.2 Å². The molecule has 0 saturated carbocycles. The van der Waals surface area contributed by atoms with Crippen molar-refractivity contribution in [2.24, 2.45) is 0 Å². The van der Waals surface area contributed by atoms with Gasteiger partial charge in [0, 0.05) is 0 Å². The van der Waals surface area contributed by atoms with E-state index in [2.05, 4.69) is 50.3 Å². The van der Waals surface area contributed by atoms with Gasteiger partial charge in [0.1, 0.15) is 0 Å². The molecule has 22 heavy (non-hydrogen) atoms. The van der Waals surface area contributed by atoms with Crippen molar-refractivity contribution >= 4 is 7.81 Å². The first-order valence-electron chi connectivity index (χ1n) is 6.09. The Hall–Kier alpha value is -0.771. The van der Waals surface area contributed by atoms with Crippen molar-refractivity contribution in [3.63, 3.8) is 0 Å². The molecule has 0 unspecified atom stereocenters. The molecule has 127 valence electrons. The second kappa shape index (κ2) is 8.19. The molecule has 1 radical (unpaired) electrons. The number of allylic oxidation sites excluding steroid dienone is 4. The summed E-state index contributed by atoms with van der Waals surface area (Å²) in [6, 6.07) is 10.5. The summed E-state index contributed by atoms with van der Waals surface area (Å²) in [6.07, 6.45) is 10.0. The Morgan fingerprint density at radius 1 is 0.955 bits per heavy atom. The molecular weight excluding hydrogens is 369 g/mol. The molecule has 1 aromatic carbocycles. The van der Waals surface area contributed by atoms with Gasteiger partial charge in [-0.3, -0.25) is 6.08 Å². The van der Waals surface area contributed by atoms with Crippen LogP contribution in [0.3, 0.4) is 0 Å². The number of hydrogen-bond donors (Lipinski definition) is 0. The van der Waals surface area contributed by atoms with Crippen LogP contribution in [0.1, 0.15) is 31.7 Å². The van der Waals surface area contributed by atoms with Gasteiger partial charge in [-0.1, -0.05) is 44.2 Å². The van der Waals surface area contributed by atoms with Gasteiger partial charge < -0.3 is 0 Å². The molecule has 0 heterocycles. The number of halogens is 6. The topological polar surface area (TPSA) is 0 Å². The molecule has 0 atom stereocenters. The van der Waals surface area contributed by atoms with Crippen LogP contribution in [0.15, 0.2) is 48.6 Å². The van der Waals surface area contributed by atoms with Crippen molar-refractivity contribution < 1.29 is 42.3 Å². The molecule has 1 aliphatic carbocycles. The van der Waals surface area contributed by atoms with E-state index >= 15 is 0 Å². The quantitative estimate of drug-likeness (QED) is 0.203. The first-order valence-corrected chi connectivity index (χ1v) is 8.11. The van der Waals surface area contributed by atoms with E-state index in [1.54, 1.807) is 0 Å². The predicted octanol–water partition coefficient (Wildman–Crippen LogP) is 7.50. The second-order valence-electron chi connectivity index (χ2n) is 4.53. The second-order valence-corrected chi connectivity index (χ2v) is 6.44. The summed E-state index contributed by atoms with van der Waals surface area (Å²) in [5, 5.41) is 0. The van der Waals surface area contributed by atoms with Gasteiger partial charge in [-0.15, -0.1) is 6.42 Å². The summed E-state index contributed by atoms with van der Waals surface area (Å²) in [5.41, 5.74) is 1.41. The van der Waals surface area contributed by atoms with Gasteiger partial charge in [-0.2, -0.15) is 6.08 Å². The number of hydrogen-bond acceptors (Lipinski definition) is 0. The maximum Gasteiger partial charge on any atom is 3.00 e. The predicted molar refractivity (Wildman–Crippen MR) is 75.7 cm³/mol. The standard InChI is InChI=1S/C9H12.C5H5.F6P.Fe/c1-8(2)9-6-4-3-5-7-9;1-2-4-5-3-1;1-7(2,3,4,5)6;/h3-8H,1-2H3;1-3H,4H2;;/q;2*-1;+3. The largest absolute Gasteiger partial charge is 3.00 e. The van der Waals surface area contributed by atoms with Crippen LogP contribution >= 0.6 is 7.81 Å². The van der Waals surface area contributed by atoms with E-state index < -0.39 is 7.81 Å². The van der Waals surface area contributed by atoms with Crippen LogP contribution in [0.4, 0.5) is 25.2 Å². The third-order valence-corrected chi connectivity index (χ3v) is 2.05. The van der Waals surface area contributed by atoms with Gasteiger partial charge in [0.2, 0.25) is 0 Å². The van der Waals surface area contributed by atoms with E-state index in [9.17, 15) is 25.2 Å². The summed E-state index contributed by atoms with van der Waals surface area (Å²) in [5.74, 6) is 0.659. The van der Waals surface area contributed by atoms with Crippen LogP contribution in [0.5, 0.6) is 0 Å². The molecular formula is C14H17F6FeP+. The van der Waals surface area contributed by atoms with E-state index in [1.807, 2.05) is 18.2 Å². The van der Waals surface area contributed by atoms with Crippen molar-refractivity contribution in [3.05, 3.63) is 60.2 Å². The van der Waals surface area contributed by atoms with Crippen LogP contribution in [-0.2, 0) is 17.1 Å². The van der Waals surface area contributed by atoms with Crippen molar-refractivity contribution in [1.82, 2.24) is 0 Å². The molecule has 0 fully saturated rings. The molecule has 0 bridgehead atoms. The van der Waals surface area contributed by atoms with Crippen LogP contribution in [0.2, 0.25) is 0 Å². The fourth-order valence-corrected chi connectivity index (χ4v) is 1.18. The SMILES string of the molecule is CC(C)c1ccccc1.F[P-](F)(F)(F)(F)F.[C-]1=CC=CC1.[Fe+3]. The zero-order chi connectivity index (χ0) is 16.6. The average molecular weight is 386 g/mol. The summed E-state index contributed by atoms with van der Waals surface area (Å²) >= 11 is 0. The molecule has 1 aromatic rings. The zero-order valence-corrected chi connectivity index (χ0v) is 14.0. The number of rotatable bonds is 1. The fourth-order valence-electron chi connectivity index (χ4n) is 1.18. The number of benzene rings is 1. The Morgan fingerprint density at radius 2 is 1.41 bits per heavy atom. The summed E-state index contributed by atoms with van der Waals surface area (Å²) in [7, 11) is -10.7. The van der Waals surface area contributed by atoms with Gasteiger partial charge in [0.15, 0.2) is 0 Å². The Kier molecular flexibility index (Phi) is 8.74.